The van der Waals surface area contributed by atoms with Crippen molar-refractivity contribution in [2.75, 3.05) is 18.9 Å². The van der Waals surface area contributed by atoms with Crippen LogP contribution in [0.4, 0.5) is 10.5 Å². The Morgan fingerprint density at radius 2 is 1.83 bits per heavy atom. The molecule has 1 aliphatic carbocycles. The molecular weight excluding hydrogens is 302 g/mol. The van der Waals surface area contributed by atoms with E-state index >= 15 is 0 Å². The molecule has 0 unspecified atom stereocenters. The van der Waals surface area contributed by atoms with E-state index in [4.69, 9.17) is 0 Å². The summed E-state index contributed by atoms with van der Waals surface area (Å²) in [6.45, 7) is 4.63. The monoisotopic (exact) mass is 331 g/mol. The zero-order valence-electron chi connectivity index (χ0n) is 15.0. The van der Waals surface area contributed by atoms with Gasteiger partial charge in [-0.3, -0.25) is 4.79 Å². The van der Waals surface area contributed by atoms with Crippen LogP contribution in [0.2, 0.25) is 0 Å². The molecule has 0 aliphatic heterocycles. The SMILES string of the molecule is CCC(=O)Nc1ccc([C@@H](C)NC(=O)N(C)CC2CCCC2)cc1. The third kappa shape index (κ3) is 5.25. The Balaban J connectivity index is 1.85. The van der Waals surface area contributed by atoms with Crippen LogP contribution < -0.4 is 10.6 Å². The summed E-state index contributed by atoms with van der Waals surface area (Å²) in [7, 11) is 1.86. The van der Waals surface area contributed by atoms with Crippen LogP contribution in [0, 0.1) is 5.92 Å². The smallest absolute Gasteiger partial charge is 0.317 e. The van der Waals surface area contributed by atoms with Crippen LogP contribution in [-0.2, 0) is 4.79 Å². The molecule has 2 N–H and O–H groups in total. The van der Waals surface area contributed by atoms with Crippen LogP contribution in [0.3, 0.4) is 0 Å². The quantitative estimate of drug-likeness (QED) is 0.830. The predicted molar refractivity (Wildman–Crippen MR) is 96.9 cm³/mol. The molecule has 0 aromatic heterocycles. The van der Waals surface area contributed by atoms with Crippen molar-refractivity contribution in [3.8, 4) is 0 Å². The van der Waals surface area contributed by atoms with Crippen molar-refractivity contribution in [1.82, 2.24) is 10.2 Å². The van der Waals surface area contributed by atoms with Gasteiger partial charge in [0.15, 0.2) is 0 Å². The highest BCUT2D eigenvalue weighted by molar-refractivity contribution is 5.90. The molecule has 1 atom stereocenters. The van der Waals surface area contributed by atoms with Crippen molar-refractivity contribution in [2.45, 2.75) is 52.0 Å². The van der Waals surface area contributed by atoms with E-state index in [0.717, 1.165) is 17.8 Å². The first-order valence-electron chi connectivity index (χ1n) is 8.91. The van der Waals surface area contributed by atoms with Crippen LogP contribution in [0.15, 0.2) is 24.3 Å². The summed E-state index contributed by atoms with van der Waals surface area (Å²) >= 11 is 0. The van der Waals surface area contributed by atoms with E-state index in [2.05, 4.69) is 10.6 Å². The van der Waals surface area contributed by atoms with Gasteiger partial charge in [0.2, 0.25) is 5.91 Å². The van der Waals surface area contributed by atoms with Crippen LogP contribution in [0.25, 0.3) is 0 Å². The Labute approximate surface area is 144 Å². The Bertz CT molecular complexity index is 550. The van der Waals surface area contributed by atoms with Crippen LogP contribution in [0.1, 0.15) is 57.6 Å². The Hall–Kier alpha value is -2.04. The van der Waals surface area contributed by atoms with Gasteiger partial charge in [0, 0.05) is 25.7 Å². The Kier molecular flexibility index (Phi) is 6.64. The normalized spacial score (nSPS) is 15.8. The number of hydrogen-bond acceptors (Lipinski definition) is 2. The zero-order chi connectivity index (χ0) is 17.5. The topological polar surface area (TPSA) is 61.4 Å². The highest BCUT2D eigenvalue weighted by Crippen LogP contribution is 2.25. The number of carbonyl (C=O) groups excluding carboxylic acids is 2. The predicted octanol–water partition coefficient (Wildman–Crippen LogP) is 3.93. The number of rotatable bonds is 6. The van der Waals surface area contributed by atoms with Gasteiger partial charge in [0.1, 0.15) is 0 Å². The van der Waals surface area contributed by atoms with Crippen molar-refractivity contribution < 1.29 is 9.59 Å². The van der Waals surface area contributed by atoms with Gasteiger partial charge in [-0.25, -0.2) is 4.79 Å². The molecule has 5 heteroatoms. The highest BCUT2D eigenvalue weighted by atomic mass is 16.2. The maximum absolute atomic E-state index is 12.3. The van der Waals surface area contributed by atoms with Crippen molar-refractivity contribution in [3.05, 3.63) is 29.8 Å². The molecule has 132 valence electrons. The van der Waals surface area contributed by atoms with Gasteiger partial charge in [0.05, 0.1) is 6.04 Å². The lowest BCUT2D eigenvalue weighted by Gasteiger charge is -2.24. The molecule has 2 rings (SSSR count). The summed E-state index contributed by atoms with van der Waals surface area (Å²) in [4.78, 5) is 25.5. The van der Waals surface area contributed by atoms with Crippen molar-refractivity contribution in [3.63, 3.8) is 0 Å². The molecule has 3 amide bonds. The van der Waals surface area contributed by atoms with Crippen molar-refractivity contribution >= 4 is 17.6 Å². The van der Waals surface area contributed by atoms with Gasteiger partial charge in [-0.05, 0) is 43.4 Å². The lowest BCUT2D eigenvalue weighted by atomic mass is 10.1. The standard InChI is InChI=1S/C19H29N3O2/c1-4-18(23)21-17-11-9-16(10-12-17)14(2)20-19(24)22(3)13-15-7-5-6-8-15/h9-12,14-15H,4-8,13H2,1-3H3,(H,20,24)(H,21,23)/t14-/m1/s1. The van der Waals surface area contributed by atoms with Crippen LogP contribution in [-0.4, -0.2) is 30.4 Å². The second-order valence-electron chi connectivity index (χ2n) is 6.73. The van der Waals surface area contributed by atoms with Gasteiger partial charge in [0.25, 0.3) is 0 Å². The first-order chi connectivity index (χ1) is 11.5. The Morgan fingerprint density at radius 1 is 1.21 bits per heavy atom. The molecule has 1 aromatic carbocycles. The summed E-state index contributed by atoms with van der Waals surface area (Å²) < 4.78 is 0. The van der Waals surface area contributed by atoms with E-state index in [0.29, 0.717) is 12.3 Å². The minimum Gasteiger partial charge on any atom is -0.331 e. The van der Waals surface area contributed by atoms with E-state index in [1.165, 1.54) is 25.7 Å². The van der Waals surface area contributed by atoms with Gasteiger partial charge in [-0.2, -0.15) is 0 Å². The maximum atomic E-state index is 12.3. The molecule has 0 bridgehead atoms. The fourth-order valence-electron chi connectivity index (χ4n) is 3.15. The maximum Gasteiger partial charge on any atom is 0.317 e. The van der Waals surface area contributed by atoms with Gasteiger partial charge < -0.3 is 15.5 Å². The minimum atomic E-state index is -0.0699. The molecule has 0 saturated heterocycles. The number of amides is 3. The molecule has 0 heterocycles. The number of benzene rings is 1. The van der Waals surface area contributed by atoms with Crippen molar-refractivity contribution in [1.29, 1.82) is 0 Å². The number of hydrogen-bond donors (Lipinski definition) is 2. The molecule has 1 saturated carbocycles. The van der Waals surface area contributed by atoms with Gasteiger partial charge in [-0.15, -0.1) is 0 Å². The number of urea groups is 1. The zero-order valence-corrected chi connectivity index (χ0v) is 15.0. The van der Waals surface area contributed by atoms with E-state index in [9.17, 15) is 9.59 Å². The fourth-order valence-corrected chi connectivity index (χ4v) is 3.15. The summed E-state index contributed by atoms with van der Waals surface area (Å²) in [5.74, 6) is 0.648. The largest absolute Gasteiger partial charge is 0.331 e. The second-order valence-corrected chi connectivity index (χ2v) is 6.73. The average molecular weight is 331 g/mol. The van der Waals surface area contributed by atoms with E-state index in [1.54, 1.807) is 4.90 Å². The van der Waals surface area contributed by atoms with E-state index in [-0.39, 0.29) is 18.0 Å². The average Bonchev–Trinajstić information content (AvgIpc) is 3.08. The second kappa shape index (κ2) is 8.71. The molecule has 1 aromatic rings. The van der Waals surface area contributed by atoms with Gasteiger partial charge in [-0.1, -0.05) is 31.9 Å². The molecule has 0 radical (unpaired) electrons. The first-order valence-corrected chi connectivity index (χ1v) is 8.91. The van der Waals surface area contributed by atoms with Crippen LogP contribution >= 0.6 is 0 Å². The molecule has 1 aliphatic rings. The fraction of sp³-hybridized carbons (Fsp3) is 0.579. The lowest BCUT2D eigenvalue weighted by molar-refractivity contribution is -0.115. The first kappa shape index (κ1) is 18.3. The molecular formula is C19H29N3O2. The molecule has 1 fully saturated rings. The number of anilines is 1. The third-order valence-electron chi connectivity index (χ3n) is 4.71. The summed E-state index contributed by atoms with van der Waals surface area (Å²) in [6.07, 6.45) is 5.51. The van der Waals surface area contributed by atoms with E-state index in [1.807, 2.05) is 45.2 Å². The van der Waals surface area contributed by atoms with E-state index < -0.39 is 0 Å². The summed E-state index contributed by atoms with van der Waals surface area (Å²) in [5, 5.41) is 5.86. The summed E-state index contributed by atoms with van der Waals surface area (Å²) in [6, 6.07) is 7.51. The van der Waals surface area contributed by atoms with Gasteiger partial charge >= 0.3 is 6.03 Å². The van der Waals surface area contributed by atoms with Crippen molar-refractivity contribution in [2.24, 2.45) is 5.92 Å². The summed E-state index contributed by atoms with van der Waals surface area (Å²) in [5.41, 5.74) is 1.80. The lowest BCUT2D eigenvalue weighted by Crippen LogP contribution is -2.40. The molecule has 24 heavy (non-hydrogen) atoms. The number of nitrogens with zero attached hydrogens (tertiary/aromatic N) is 1. The number of nitrogens with one attached hydrogen (secondary N) is 2. The minimum absolute atomic E-state index is 0.00219. The highest BCUT2D eigenvalue weighted by Gasteiger charge is 2.20. The molecule has 5 nitrogen and oxygen atoms in total. The molecule has 0 spiro atoms. The van der Waals surface area contributed by atoms with Crippen LogP contribution in [0.5, 0.6) is 0 Å². The Morgan fingerprint density at radius 3 is 2.42 bits per heavy atom. The number of carbonyl (C=O) groups is 2. The third-order valence-corrected chi connectivity index (χ3v) is 4.71.